The van der Waals surface area contributed by atoms with Gasteiger partial charge in [-0.05, 0) is 35.7 Å². The van der Waals surface area contributed by atoms with Crippen LogP contribution in [0.1, 0.15) is 37.4 Å². The number of hydrogen-bond donors (Lipinski definition) is 2. The van der Waals surface area contributed by atoms with Crippen molar-refractivity contribution >= 4 is 17.3 Å². The third-order valence-electron chi connectivity index (χ3n) is 3.51. The van der Waals surface area contributed by atoms with Crippen molar-refractivity contribution in [2.75, 3.05) is 0 Å². The lowest BCUT2D eigenvalue weighted by Crippen LogP contribution is -2.37. The largest absolute Gasteiger partial charge is 0.359 e. The number of benzene rings is 2. The van der Waals surface area contributed by atoms with E-state index in [4.69, 9.17) is 12.2 Å². The summed E-state index contributed by atoms with van der Waals surface area (Å²) in [6, 6.07) is 21.0. The van der Waals surface area contributed by atoms with Gasteiger partial charge in [0, 0.05) is 6.54 Å². The summed E-state index contributed by atoms with van der Waals surface area (Å²) in [5, 5.41) is 7.45. The second kappa shape index (κ2) is 8.54. The lowest BCUT2D eigenvalue weighted by Gasteiger charge is -2.23. The van der Waals surface area contributed by atoms with Crippen LogP contribution in [0.2, 0.25) is 0 Å². The van der Waals surface area contributed by atoms with E-state index < -0.39 is 0 Å². The van der Waals surface area contributed by atoms with E-state index in [2.05, 4.69) is 60.9 Å². The molecule has 0 aromatic heterocycles. The van der Waals surface area contributed by atoms with E-state index in [-0.39, 0.29) is 6.04 Å². The Morgan fingerprint density at radius 3 is 2.14 bits per heavy atom. The molecule has 0 saturated heterocycles. The van der Waals surface area contributed by atoms with E-state index >= 15 is 0 Å². The molecule has 0 amide bonds. The van der Waals surface area contributed by atoms with Crippen molar-refractivity contribution in [2.24, 2.45) is 5.92 Å². The molecule has 0 radical (unpaired) electrons. The van der Waals surface area contributed by atoms with Gasteiger partial charge >= 0.3 is 0 Å². The maximum atomic E-state index is 5.46. The third kappa shape index (κ3) is 5.49. The predicted molar refractivity (Wildman–Crippen MR) is 97.7 cm³/mol. The lowest BCUT2D eigenvalue weighted by molar-refractivity contribution is 0.477. The van der Waals surface area contributed by atoms with Gasteiger partial charge in [0.1, 0.15) is 0 Å². The Balaban J connectivity index is 1.93. The molecule has 22 heavy (non-hydrogen) atoms. The second-order valence-corrected chi connectivity index (χ2v) is 6.31. The molecule has 1 atom stereocenters. The quantitative estimate of drug-likeness (QED) is 0.771. The highest BCUT2D eigenvalue weighted by molar-refractivity contribution is 7.80. The van der Waals surface area contributed by atoms with Crippen LogP contribution in [0.25, 0.3) is 0 Å². The summed E-state index contributed by atoms with van der Waals surface area (Å²) in [5.74, 6) is 0.606. The molecule has 3 heteroatoms. The Labute approximate surface area is 139 Å². The zero-order chi connectivity index (χ0) is 15.8. The maximum Gasteiger partial charge on any atom is 0.167 e. The van der Waals surface area contributed by atoms with Crippen molar-refractivity contribution in [1.29, 1.82) is 0 Å². The molecule has 0 heterocycles. The average molecular weight is 312 g/mol. The van der Waals surface area contributed by atoms with Crippen LogP contribution < -0.4 is 10.6 Å². The van der Waals surface area contributed by atoms with Crippen LogP contribution in [-0.2, 0) is 6.54 Å². The van der Waals surface area contributed by atoms with Crippen molar-refractivity contribution in [1.82, 2.24) is 10.6 Å². The third-order valence-corrected chi connectivity index (χ3v) is 3.77. The molecule has 2 N–H and O–H groups in total. The molecule has 0 aliphatic carbocycles. The molecule has 0 spiro atoms. The summed E-state index contributed by atoms with van der Waals surface area (Å²) < 4.78 is 0. The molecular formula is C19H24N2S. The van der Waals surface area contributed by atoms with E-state index in [1.165, 1.54) is 11.1 Å². The van der Waals surface area contributed by atoms with Crippen molar-refractivity contribution < 1.29 is 0 Å². The number of nitrogens with one attached hydrogen (secondary N) is 2. The Kier molecular flexibility index (Phi) is 6.41. The van der Waals surface area contributed by atoms with E-state index in [0.29, 0.717) is 11.0 Å². The predicted octanol–water partition coefficient (Wildman–Crippen LogP) is 4.44. The zero-order valence-corrected chi connectivity index (χ0v) is 14.1. The van der Waals surface area contributed by atoms with Gasteiger partial charge < -0.3 is 10.6 Å². The van der Waals surface area contributed by atoms with Gasteiger partial charge in [-0.25, -0.2) is 0 Å². The van der Waals surface area contributed by atoms with Gasteiger partial charge in [0.25, 0.3) is 0 Å². The number of rotatable bonds is 6. The molecule has 0 aliphatic heterocycles. The maximum absolute atomic E-state index is 5.46. The summed E-state index contributed by atoms with van der Waals surface area (Å²) >= 11 is 5.46. The SMILES string of the molecule is CC(C)C[C@H](NC(=S)NCc1ccccc1)c1ccccc1. The fraction of sp³-hybridized carbons (Fsp3) is 0.316. The van der Waals surface area contributed by atoms with E-state index in [9.17, 15) is 0 Å². The van der Waals surface area contributed by atoms with Crippen LogP contribution >= 0.6 is 12.2 Å². The first-order valence-electron chi connectivity index (χ1n) is 7.78. The molecular weight excluding hydrogens is 288 g/mol. The van der Waals surface area contributed by atoms with Gasteiger partial charge in [0.15, 0.2) is 5.11 Å². The second-order valence-electron chi connectivity index (χ2n) is 5.91. The average Bonchev–Trinajstić information content (AvgIpc) is 2.54. The van der Waals surface area contributed by atoms with E-state index in [1.54, 1.807) is 0 Å². The zero-order valence-electron chi connectivity index (χ0n) is 13.3. The number of thiocarbonyl (C=S) groups is 1. The normalized spacial score (nSPS) is 12.0. The summed E-state index contributed by atoms with van der Waals surface area (Å²) in [5.41, 5.74) is 2.51. The van der Waals surface area contributed by atoms with Crippen molar-refractivity contribution in [3.05, 3.63) is 71.8 Å². The van der Waals surface area contributed by atoms with Crippen molar-refractivity contribution in [3.8, 4) is 0 Å². The fourth-order valence-electron chi connectivity index (χ4n) is 2.42. The highest BCUT2D eigenvalue weighted by Crippen LogP contribution is 2.20. The van der Waals surface area contributed by atoms with Gasteiger partial charge in [-0.1, -0.05) is 74.5 Å². The van der Waals surface area contributed by atoms with Crippen LogP contribution in [0, 0.1) is 5.92 Å². The molecule has 2 aromatic carbocycles. The molecule has 0 fully saturated rings. The van der Waals surface area contributed by atoms with Crippen LogP contribution in [0.5, 0.6) is 0 Å². The summed E-state index contributed by atoms with van der Waals surface area (Å²) in [6.07, 6.45) is 1.05. The minimum Gasteiger partial charge on any atom is -0.359 e. The molecule has 0 unspecified atom stereocenters. The highest BCUT2D eigenvalue weighted by Gasteiger charge is 2.14. The molecule has 0 aliphatic rings. The fourth-order valence-corrected chi connectivity index (χ4v) is 2.64. The summed E-state index contributed by atoms with van der Waals surface area (Å²) in [6.45, 7) is 5.21. The molecule has 0 bridgehead atoms. The van der Waals surface area contributed by atoms with Crippen LogP contribution in [-0.4, -0.2) is 5.11 Å². The van der Waals surface area contributed by atoms with Gasteiger partial charge in [-0.15, -0.1) is 0 Å². The lowest BCUT2D eigenvalue weighted by atomic mass is 9.97. The van der Waals surface area contributed by atoms with Gasteiger partial charge in [-0.3, -0.25) is 0 Å². The minimum absolute atomic E-state index is 0.247. The Hall–Kier alpha value is -1.87. The van der Waals surface area contributed by atoms with E-state index in [0.717, 1.165) is 13.0 Å². The van der Waals surface area contributed by atoms with Crippen LogP contribution in [0.4, 0.5) is 0 Å². The Bertz CT molecular complexity index is 567. The van der Waals surface area contributed by atoms with Crippen LogP contribution in [0.15, 0.2) is 60.7 Å². The summed E-state index contributed by atoms with van der Waals surface area (Å²) in [7, 11) is 0. The molecule has 0 saturated carbocycles. The first kappa shape index (κ1) is 16.5. The van der Waals surface area contributed by atoms with Crippen LogP contribution in [0.3, 0.4) is 0 Å². The minimum atomic E-state index is 0.247. The van der Waals surface area contributed by atoms with Crippen molar-refractivity contribution in [2.45, 2.75) is 32.9 Å². The number of hydrogen-bond acceptors (Lipinski definition) is 1. The Morgan fingerprint density at radius 2 is 1.55 bits per heavy atom. The van der Waals surface area contributed by atoms with Gasteiger partial charge in [-0.2, -0.15) is 0 Å². The first-order chi connectivity index (χ1) is 10.6. The molecule has 116 valence electrons. The highest BCUT2D eigenvalue weighted by atomic mass is 32.1. The topological polar surface area (TPSA) is 24.1 Å². The monoisotopic (exact) mass is 312 g/mol. The van der Waals surface area contributed by atoms with Crippen molar-refractivity contribution in [3.63, 3.8) is 0 Å². The summed E-state index contributed by atoms with van der Waals surface area (Å²) in [4.78, 5) is 0. The Morgan fingerprint density at radius 1 is 0.955 bits per heavy atom. The van der Waals surface area contributed by atoms with Gasteiger partial charge in [0.2, 0.25) is 0 Å². The molecule has 2 rings (SSSR count). The smallest absolute Gasteiger partial charge is 0.167 e. The van der Waals surface area contributed by atoms with Gasteiger partial charge in [0.05, 0.1) is 6.04 Å². The molecule has 2 nitrogen and oxygen atoms in total. The standard InChI is InChI=1S/C19H24N2S/c1-15(2)13-18(17-11-7-4-8-12-17)21-19(22)20-14-16-9-5-3-6-10-16/h3-12,15,18H,13-14H2,1-2H3,(H2,20,21,22)/t18-/m0/s1. The van der Waals surface area contributed by atoms with E-state index in [1.807, 2.05) is 24.3 Å². The molecule has 2 aromatic rings. The first-order valence-corrected chi connectivity index (χ1v) is 8.19.